The van der Waals surface area contributed by atoms with Gasteiger partial charge in [-0.25, -0.2) is 0 Å². The van der Waals surface area contributed by atoms with E-state index < -0.39 is 0 Å². The van der Waals surface area contributed by atoms with Gasteiger partial charge in [0, 0.05) is 52.7 Å². The summed E-state index contributed by atoms with van der Waals surface area (Å²) in [5.74, 6) is 0. The van der Waals surface area contributed by atoms with Gasteiger partial charge in [0.2, 0.25) is 0 Å². The van der Waals surface area contributed by atoms with E-state index in [4.69, 9.17) is 0 Å². The molecule has 0 saturated heterocycles. The molecule has 0 radical (unpaired) electrons. The van der Waals surface area contributed by atoms with Gasteiger partial charge < -0.3 is 9.47 Å². The van der Waals surface area contributed by atoms with E-state index in [1.807, 2.05) is 0 Å². The Kier molecular flexibility index (Phi) is 4.82. The number of benzene rings is 6. The summed E-state index contributed by atoms with van der Waals surface area (Å²) >= 11 is 0. The van der Waals surface area contributed by atoms with E-state index in [2.05, 4.69) is 147 Å². The van der Waals surface area contributed by atoms with Crippen LogP contribution in [0.3, 0.4) is 0 Å². The number of hydrogen-bond acceptors (Lipinski definition) is 1. The minimum absolute atomic E-state index is 1.25. The minimum atomic E-state index is 1.25. The van der Waals surface area contributed by atoms with Crippen LogP contribution in [0.1, 0.15) is 11.1 Å². The van der Waals surface area contributed by atoms with Crippen molar-refractivity contribution in [2.45, 2.75) is 13.8 Å². The Morgan fingerprint density at radius 3 is 1.82 bits per heavy atom. The summed E-state index contributed by atoms with van der Waals surface area (Å²) < 4.78 is 2.38. The maximum atomic E-state index is 2.42. The Bertz CT molecular complexity index is 2160. The molecule has 0 aliphatic carbocycles. The molecule has 0 fully saturated rings. The van der Waals surface area contributed by atoms with Crippen LogP contribution in [0.15, 0.2) is 109 Å². The average Bonchev–Trinajstić information content (AvgIpc) is 3.26. The zero-order valence-corrected chi connectivity index (χ0v) is 23.3. The van der Waals surface area contributed by atoms with Crippen LogP contribution < -0.4 is 4.90 Å². The molecule has 2 heterocycles. The number of hydrogen-bond donors (Lipinski definition) is 0. The topological polar surface area (TPSA) is 8.17 Å². The first kappa shape index (κ1) is 23.1. The molecule has 0 N–H and O–H groups in total. The van der Waals surface area contributed by atoms with Gasteiger partial charge in [-0.1, -0.05) is 96.1 Å². The van der Waals surface area contributed by atoms with Crippen molar-refractivity contribution >= 4 is 44.0 Å². The molecule has 0 atom stereocenters. The lowest BCUT2D eigenvalue weighted by molar-refractivity contribution is 1.01. The third-order valence-corrected chi connectivity index (χ3v) is 8.82. The summed E-state index contributed by atoms with van der Waals surface area (Å²) in [6.45, 7) is 4.31. The molecular weight excluding hydrogens is 484 g/mol. The van der Waals surface area contributed by atoms with Crippen LogP contribution >= 0.6 is 0 Å². The highest BCUT2D eigenvalue weighted by Crippen LogP contribution is 2.51. The fourth-order valence-corrected chi connectivity index (χ4v) is 6.82. The van der Waals surface area contributed by atoms with Gasteiger partial charge in [0.1, 0.15) is 0 Å². The predicted octanol–water partition coefficient (Wildman–Crippen LogP) is 10.2. The van der Waals surface area contributed by atoms with Gasteiger partial charge in [0.15, 0.2) is 0 Å². The Morgan fingerprint density at radius 1 is 0.450 bits per heavy atom. The third-order valence-electron chi connectivity index (χ3n) is 8.82. The van der Waals surface area contributed by atoms with E-state index in [1.165, 1.54) is 88.5 Å². The molecular formula is C38H30N2. The van der Waals surface area contributed by atoms with Crippen LogP contribution in [0.5, 0.6) is 0 Å². The summed E-state index contributed by atoms with van der Waals surface area (Å²) in [5.41, 5.74) is 15.2. The van der Waals surface area contributed by atoms with Crippen molar-refractivity contribution in [3.8, 4) is 33.4 Å². The molecule has 0 bridgehead atoms. The first-order chi connectivity index (χ1) is 19.5. The summed E-state index contributed by atoms with van der Waals surface area (Å²) in [4.78, 5) is 2.37. The second kappa shape index (κ2) is 8.34. The van der Waals surface area contributed by atoms with Gasteiger partial charge in [-0.05, 0) is 71.3 Å². The van der Waals surface area contributed by atoms with Gasteiger partial charge in [-0.2, -0.15) is 0 Å². The predicted molar refractivity (Wildman–Crippen MR) is 172 cm³/mol. The highest BCUT2D eigenvalue weighted by atomic mass is 15.1. The molecule has 0 spiro atoms. The molecule has 1 aliphatic heterocycles. The summed E-state index contributed by atoms with van der Waals surface area (Å²) in [6.07, 6.45) is 0. The number of anilines is 2. The lowest BCUT2D eigenvalue weighted by atomic mass is 9.88. The van der Waals surface area contributed by atoms with Crippen molar-refractivity contribution in [1.82, 2.24) is 4.57 Å². The minimum Gasteiger partial charge on any atom is -0.344 e. The largest absolute Gasteiger partial charge is 0.344 e. The number of fused-ring (bicyclic) bond motifs is 6. The summed E-state index contributed by atoms with van der Waals surface area (Å²) in [5, 5.41) is 5.30. The van der Waals surface area contributed by atoms with Crippen LogP contribution in [0, 0.1) is 13.8 Å². The molecule has 1 aromatic heterocycles. The number of aryl methyl sites for hydroxylation is 3. The van der Waals surface area contributed by atoms with E-state index in [9.17, 15) is 0 Å². The van der Waals surface area contributed by atoms with E-state index >= 15 is 0 Å². The van der Waals surface area contributed by atoms with E-state index in [0.29, 0.717) is 0 Å². The normalized spacial score (nSPS) is 12.4. The van der Waals surface area contributed by atoms with Gasteiger partial charge >= 0.3 is 0 Å². The van der Waals surface area contributed by atoms with Crippen LogP contribution in [-0.2, 0) is 7.05 Å². The fraction of sp³-hybridized carbons (Fsp3) is 0.105. The molecule has 0 saturated carbocycles. The number of rotatable bonds is 2. The Balaban J connectivity index is 1.40. The summed E-state index contributed by atoms with van der Waals surface area (Å²) in [7, 11) is 4.42. The molecule has 192 valence electrons. The first-order valence-electron chi connectivity index (χ1n) is 14.0. The Labute approximate surface area is 234 Å². The van der Waals surface area contributed by atoms with E-state index in [0.717, 1.165) is 0 Å². The van der Waals surface area contributed by atoms with Crippen LogP contribution in [0.4, 0.5) is 11.4 Å². The maximum Gasteiger partial charge on any atom is 0.0501 e. The van der Waals surface area contributed by atoms with Crippen LogP contribution in [0.2, 0.25) is 0 Å². The van der Waals surface area contributed by atoms with Crippen molar-refractivity contribution in [1.29, 1.82) is 0 Å². The van der Waals surface area contributed by atoms with Gasteiger partial charge in [0.25, 0.3) is 0 Å². The SMILES string of the molecule is Cc1cccc(-c2ccc3c(c2)N(C)c2cccc4c2c-3cc2c4c3ccc(-c4cccc(C)c4)cc3n2C)c1. The Morgan fingerprint density at radius 2 is 1.10 bits per heavy atom. The molecule has 6 aromatic carbocycles. The Hall–Kier alpha value is -4.82. The van der Waals surface area contributed by atoms with Crippen LogP contribution in [0.25, 0.3) is 66.0 Å². The molecule has 2 heteroatoms. The molecule has 8 rings (SSSR count). The second-order valence-electron chi connectivity index (χ2n) is 11.3. The lowest BCUT2D eigenvalue weighted by Gasteiger charge is -2.31. The highest BCUT2D eigenvalue weighted by Gasteiger charge is 2.26. The third kappa shape index (κ3) is 3.23. The van der Waals surface area contributed by atoms with Crippen LogP contribution in [-0.4, -0.2) is 11.6 Å². The standard InChI is InChI=1S/C38H30N2/c1-23-8-5-10-25(18-23)27-14-16-29-32-22-36-37(31-12-7-13-33(38(31)32)39(3)34(29)20-27)30-17-15-28(21-35(30)40(36)4)26-11-6-9-24(2)19-26/h5-22H,1-4H3. The molecule has 40 heavy (non-hydrogen) atoms. The van der Waals surface area contributed by atoms with Crippen molar-refractivity contribution in [3.63, 3.8) is 0 Å². The zero-order chi connectivity index (χ0) is 27.1. The first-order valence-corrected chi connectivity index (χ1v) is 14.0. The zero-order valence-electron chi connectivity index (χ0n) is 23.3. The van der Waals surface area contributed by atoms with Crippen molar-refractivity contribution in [3.05, 3.63) is 120 Å². The van der Waals surface area contributed by atoms with Crippen molar-refractivity contribution < 1.29 is 0 Å². The molecule has 0 amide bonds. The smallest absolute Gasteiger partial charge is 0.0501 e. The number of aromatic nitrogens is 1. The van der Waals surface area contributed by atoms with E-state index in [-0.39, 0.29) is 0 Å². The number of nitrogens with zero attached hydrogens (tertiary/aromatic N) is 2. The highest BCUT2D eigenvalue weighted by molar-refractivity contribution is 6.27. The summed E-state index contributed by atoms with van der Waals surface area (Å²) in [6, 6.07) is 40.7. The van der Waals surface area contributed by atoms with Gasteiger partial charge in [0.05, 0.1) is 5.52 Å². The molecule has 1 aliphatic rings. The molecule has 2 nitrogen and oxygen atoms in total. The lowest BCUT2D eigenvalue weighted by Crippen LogP contribution is -2.15. The average molecular weight is 515 g/mol. The monoisotopic (exact) mass is 514 g/mol. The van der Waals surface area contributed by atoms with E-state index in [1.54, 1.807) is 0 Å². The van der Waals surface area contributed by atoms with Gasteiger partial charge in [-0.15, -0.1) is 0 Å². The fourth-order valence-electron chi connectivity index (χ4n) is 6.82. The quantitative estimate of drug-likeness (QED) is 0.223. The maximum absolute atomic E-state index is 2.42. The van der Waals surface area contributed by atoms with Crippen molar-refractivity contribution in [2.24, 2.45) is 7.05 Å². The second-order valence-corrected chi connectivity index (χ2v) is 11.3. The molecule has 7 aromatic rings. The molecule has 0 unspecified atom stereocenters. The van der Waals surface area contributed by atoms with Crippen molar-refractivity contribution in [2.75, 3.05) is 11.9 Å². The van der Waals surface area contributed by atoms with Gasteiger partial charge in [-0.3, -0.25) is 0 Å².